The van der Waals surface area contributed by atoms with Gasteiger partial charge >= 0.3 is 12.2 Å². The number of rotatable bonds is 3. The third kappa shape index (κ3) is 3.00. The van der Waals surface area contributed by atoms with Crippen LogP contribution in [0.4, 0.5) is 21.0 Å². The Kier molecular flexibility index (Phi) is 3.95. The van der Waals surface area contributed by atoms with Gasteiger partial charge in [0.1, 0.15) is 6.10 Å². The molecule has 0 aliphatic carbocycles. The lowest BCUT2D eigenvalue weighted by Gasteiger charge is -2.16. The summed E-state index contributed by atoms with van der Waals surface area (Å²) in [6.45, 7) is 1.17. The Balaban J connectivity index is 1.74. The number of benzene rings is 1. The summed E-state index contributed by atoms with van der Waals surface area (Å²) < 4.78 is 5.26. The topological polar surface area (TPSA) is 108 Å². The lowest BCUT2D eigenvalue weighted by molar-refractivity contribution is 0.143. The molecule has 0 bridgehead atoms. The fourth-order valence-corrected chi connectivity index (χ4v) is 2.89. The zero-order chi connectivity index (χ0) is 16.6. The predicted molar refractivity (Wildman–Crippen MR) is 87.9 cm³/mol. The summed E-state index contributed by atoms with van der Waals surface area (Å²) in [5.41, 5.74) is 7.63. The number of ether oxygens (including phenoxy) is 1. The summed E-state index contributed by atoms with van der Waals surface area (Å²) >= 11 is 4.73. The number of fused-ring (bicyclic) bond motifs is 1. The number of cyclic esters (lactones) is 1. The molecule has 1 unspecified atom stereocenters. The summed E-state index contributed by atoms with van der Waals surface area (Å²) in [7, 11) is 0. The average molecular weight is 336 g/mol. The van der Waals surface area contributed by atoms with Crippen LogP contribution in [0.25, 0.3) is 0 Å². The Bertz CT molecular complexity index is 681. The number of anilines is 2. The molecule has 0 spiro atoms. The van der Waals surface area contributed by atoms with Gasteiger partial charge < -0.3 is 20.9 Å². The van der Waals surface area contributed by atoms with Crippen LogP contribution in [-0.2, 0) is 11.2 Å². The molecule has 2 aliphatic rings. The molecule has 1 fully saturated rings. The monoisotopic (exact) mass is 336 g/mol. The molecule has 0 radical (unpaired) electrons. The Morgan fingerprint density at radius 2 is 2.30 bits per heavy atom. The second-order valence-electron chi connectivity index (χ2n) is 5.36. The molecule has 2 amide bonds. The highest BCUT2D eigenvalue weighted by molar-refractivity contribution is 7.80. The van der Waals surface area contributed by atoms with Crippen molar-refractivity contribution in [3.05, 3.63) is 23.8 Å². The van der Waals surface area contributed by atoms with E-state index in [2.05, 4.69) is 5.32 Å². The van der Waals surface area contributed by atoms with Gasteiger partial charge in [-0.1, -0.05) is 0 Å². The van der Waals surface area contributed by atoms with E-state index in [0.717, 1.165) is 5.56 Å². The Morgan fingerprint density at radius 3 is 3.00 bits per heavy atom. The van der Waals surface area contributed by atoms with E-state index in [9.17, 15) is 9.59 Å². The Labute approximate surface area is 137 Å². The number of amides is 2. The van der Waals surface area contributed by atoms with Gasteiger partial charge in [-0.15, -0.1) is 0 Å². The minimum Gasteiger partial charge on any atom is -0.465 e. The Morgan fingerprint density at radius 1 is 1.52 bits per heavy atom. The van der Waals surface area contributed by atoms with Crippen molar-refractivity contribution in [3.8, 4) is 0 Å². The molecule has 122 valence electrons. The van der Waals surface area contributed by atoms with E-state index in [1.165, 1.54) is 9.80 Å². The zero-order valence-corrected chi connectivity index (χ0v) is 13.0. The number of carbonyl (C=O) groups excluding carboxylic acids is 1. The van der Waals surface area contributed by atoms with E-state index in [0.29, 0.717) is 37.4 Å². The van der Waals surface area contributed by atoms with Crippen molar-refractivity contribution in [1.29, 1.82) is 0 Å². The molecule has 0 saturated carbocycles. The van der Waals surface area contributed by atoms with Gasteiger partial charge in [0.15, 0.2) is 5.11 Å². The first kappa shape index (κ1) is 15.3. The molecule has 1 aromatic carbocycles. The van der Waals surface area contributed by atoms with Crippen LogP contribution in [0.3, 0.4) is 0 Å². The minimum atomic E-state index is -0.971. The van der Waals surface area contributed by atoms with Crippen LogP contribution in [0, 0.1) is 0 Å². The van der Waals surface area contributed by atoms with Crippen molar-refractivity contribution < 1.29 is 19.4 Å². The highest BCUT2D eigenvalue weighted by atomic mass is 32.1. The summed E-state index contributed by atoms with van der Waals surface area (Å²) in [5, 5.41) is 12.1. The summed E-state index contributed by atoms with van der Waals surface area (Å²) in [4.78, 5) is 26.0. The molecule has 0 aromatic heterocycles. The second-order valence-corrected chi connectivity index (χ2v) is 5.80. The summed E-state index contributed by atoms with van der Waals surface area (Å²) in [5.74, 6) is 0. The van der Waals surface area contributed by atoms with E-state index in [-0.39, 0.29) is 11.2 Å². The quantitative estimate of drug-likeness (QED) is 0.703. The van der Waals surface area contributed by atoms with Crippen LogP contribution in [0.1, 0.15) is 5.56 Å². The third-order valence-corrected chi connectivity index (χ3v) is 4.02. The molecule has 2 aliphatic heterocycles. The highest BCUT2D eigenvalue weighted by Crippen LogP contribution is 2.33. The maximum atomic E-state index is 12.0. The number of carbonyl (C=O) groups is 2. The van der Waals surface area contributed by atoms with Crippen LogP contribution < -0.4 is 20.9 Å². The van der Waals surface area contributed by atoms with Gasteiger partial charge in [-0.25, -0.2) is 9.59 Å². The molecule has 1 saturated heterocycles. The fraction of sp³-hybridized carbons (Fsp3) is 0.357. The maximum Gasteiger partial charge on any atom is 0.414 e. The maximum absolute atomic E-state index is 12.0. The molecule has 1 atom stereocenters. The van der Waals surface area contributed by atoms with Crippen molar-refractivity contribution in [2.75, 3.05) is 29.4 Å². The standard InChI is InChI=1S/C14H16N4O4S/c15-12(23)16-6-10-7-18(14(21)22-10)9-1-2-11-8(5-9)3-4-17(11)13(19)20/h1-2,5,10H,3-4,6-7H2,(H,19,20)(H3,15,16,23). The van der Waals surface area contributed by atoms with Crippen molar-refractivity contribution in [2.24, 2.45) is 5.73 Å². The van der Waals surface area contributed by atoms with E-state index >= 15 is 0 Å². The normalized spacial score (nSPS) is 19.5. The minimum absolute atomic E-state index is 0.158. The lowest BCUT2D eigenvalue weighted by Crippen LogP contribution is -2.37. The summed E-state index contributed by atoms with van der Waals surface area (Å²) in [6.07, 6.45) is -1.12. The molecular weight excluding hydrogens is 320 g/mol. The fourth-order valence-electron chi connectivity index (χ4n) is 2.81. The van der Waals surface area contributed by atoms with Crippen LogP contribution in [0.15, 0.2) is 18.2 Å². The highest BCUT2D eigenvalue weighted by Gasteiger charge is 2.33. The number of hydrogen-bond donors (Lipinski definition) is 3. The van der Waals surface area contributed by atoms with Crippen LogP contribution in [-0.4, -0.2) is 48.1 Å². The van der Waals surface area contributed by atoms with Crippen molar-refractivity contribution in [2.45, 2.75) is 12.5 Å². The van der Waals surface area contributed by atoms with Gasteiger partial charge in [0, 0.05) is 12.2 Å². The molecule has 1 aromatic rings. The molecule has 4 N–H and O–H groups in total. The largest absolute Gasteiger partial charge is 0.465 e. The molecule has 9 heteroatoms. The number of thiocarbonyl (C=S) groups is 1. The Hall–Kier alpha value is -2.55. The zero-order valence-electron chi connectivity index (χ0n) is 12.2. The average Bonchev–Trinajstić information content (AvgIpc) is 3.07. The first-order valence-corrected chi connectivity index (χ1v) is 7.51. The number of hydrogen-bond acceptors (Lipinski definition) is 4. The van der Waals surface area contributed by atoms with Crippen LogP contribution >= 0.6 is 12.2 Å². The molecule has 23 heavy (non-hydrogen) atoms. The summed E-state index contributed by atoms with van der Waals surface area (Å²) in [6, 6.07) is 5.29. The predicted octanol–water partition coefficient (Wildman–Crippen LogP) is 0.885. The van der Waals surface area contributed by atoms with Crippen LogP contribution in [0.5, 0.6) is 0 Å². The first-order valence-electron chi connectivity index (χ1n) is 7.10. The van der Waals surface area contributed by atoms with Crippen molar-refractivity contribution in [1.82, 2.24) is 5.32 Å². The first-order chi connectivity index (χ1) is 11.0. The molecule has 8 nitrogen and oxygen atoms in total. The smallest absolute Gasteiger partial charge is 0.414 e. The SMILES string of the molecule is NC(=S)NCC1CN(c2ccc3c(c2)CCN3C(=O)O)C(=O)O1. The number of nitrogens with zero attached hydrogens (tertiary/aromatic N) is 2. The van der Waals surface area contributed by atoms with E-state index in [4.69, 9.17) is 27.8 Å². The van der Waals surface area contributed by atoms with Gasteiger partial charge in [0.25, 0.3) is 0 Å². The molecule has 2 heterocycles. The number of nitrogens with one attached hydrogen (secondary N) is 1. The van der Waals surface area contributed by atoms with E-state index in [1.807, 2.05) is 6.07 Å². The molecular formula is C14H16N4O4S. The van der Waals surface area contributed by atoms with Gasteiger partial charge in [-0.2, -0.15) is 0 Å². The van der Waals surface area contributed by atoms with E-state index in [1.54, 1.807) is 12.1 Å². The van der Waals surface area contributed by atoms with Gasteiger partial charge in [0.2, 0.25) is 0 Å². The number of nitrogens with two attached hydrogens (primary N) is 1. The van der Waals surface area contributed by atoms with E-state index < -0.39 is 12.2 Å². The second kappa shape index (κ2) is 5.92. The van der Waals surface area contributed by atoms with Crippen LogP contribution in [0.2, 0.25) is 0 Å². The molecule has 3 rings (SSSR count). The van der Waals surface area contributed by atoms with Crippen molar-refractivity contribution >= 4 is 40.9 Å². The van der Waals surface area contributed by atoms with Gasteiger partial charge in [-0.05, 0) is 42.4 Å². The lowest BCUT2D eigenvalue weighted by atomic mass is 10.1. The van der Waals surface area contributed by atoms with Gasteiger partial charge in [-0.3, -0.25) is 9.80 Å². The number of carboxylic acid groups (broad SMARTS) is 1. The van der Waals surface area contributed by atoms with Gasteiger partial charge in [0.05, 0.1) is 18.8 Å². The third-order valence-electron chi connectivity index (χ3n) is 3.88. The van der Waals surface area contributed by atoms with Crippen molar-refractivity contribution in [3.63, 3.8) is 0 Å².